The molecule has 0 amide bonds. The molecule has 0 aliphatic carbocycles. The summed E-state index contributed by atoms with van der Waals surface area (Å²) in [6, 6.07) is 0. The first-order valence-corrected chi connectivity index (χ1v) is 5.09. The topological polar surface area (TPSA) is 81.7 Å². The second kappa shape index (κ2) is 4.28. The van der Waals surface area contributed by atoms with E-state index in [9.17, 15) is 0 Å². The molecule has 0 radical (unpaired) electrons. The molecule has 0 unspecified atom stereocenters. The monoisotopic (exact) mass is 218 g/mol. The lowest BCUT2D eigenvalue weighted by Crippen LogP contribution is -2.13. The zero-order valence-corrected chi connectivity index (χ0v) is 9.31. The van der Waals surface area contributed by atoms with E-state index in [1.165, 1.54) is 0 Å². The van der Waals surface area contributed by atoms with Gasteiger partial charge in [0.05, 0.1) is 0 Å². The van der Waals surface area contributed by atoms with Gasteiger partial charge in [0, 0.05) is 30.6 Å². The van der Waals surface area contributed by atoms with Crippen molar-refractivity contribution in [1.82, 2.24) is 19.5 Å². The third kappa shape index (κ3) is 1.74. The van der Waals surface area contributed by atoms with Gasteiger partial charge in [-0.2, -0.15) is 4.98 Å². The van der Waals surface area contributed by atoms with Gasteiger partial charge in [0.1, 0.15) is 11.6 Å². The zero-order valence-electron chi connectivity index (χ0n) is 9.31. The highest BCUT2D eigenvalue weighted by atomic mass is 15.3. The normalized spacial score (nSPS) is 10.4. The van der Waals surface area contributed by atoms with Crippen LogP contribution in [0.4, 0.5) is 5.95 Å². The summed E-state index contributed by atoms with van der Waals surface area (Å²) in [6.07, 6.45) is 6.23. The number of nitrogens with one attached hydrogen (secondary N) is 1. The molecule has 84 valence electrons. The fraction of sp³-hybridized carbons (Fsp3) is 0.300. The van der Waals surface area contributed by atoms with E-state index in [0.29, 0.717) is 5.95 Å². The quantitative estimate of drug-likeness (QED) is 0.588. The maximum absolute atomic E-state index is 5.29. The minimum Gasteiger partial charge on any atom is -0.292 e. The minimum atomic E-state index is 0.399. The van der Waals surface area contributed by atoms with E-state index < -0.39 is 0 Å². The number of aromatic nitrogens is 4. The number of hydrazine groups is 1. The average molecular weight is 218 g/mol. The van der Waals surface area contributed by atoms with Gasteiger partial charge in [-0.05, 0) is 6.92 Å². The van der Waals surface area contributed by atoms with Crippen LogP contribution < -0.4 is 11.3 Å². The van der Waals surface area contributed by atoms with Gasteiger partial charge in [0.2, 0.25) is 5.95 Å². The van der Waals surface area contributed by atoms with Crippen molar-refractivity contribution in [2.24, 2.45) is 5.84 Å². The number of imidazole rings is 1. The minimum absolute atomic E-state index is 0.399. The van der Waals surface area contributed by atoms with Gasteiger partial charge in [-0.1, -0.05) is 6.92 Å². The fourth-order valence-electron chi connectivity index (χ4n) is 1.54. The fourth-order valence-corrected chi connectivity index (χ4v) is 1.54. The lowest BCUT2D eigenvalue weighted by Gasteiger charge is -2.09. The van der Waals surface area contributed by atoms with Crippen LogP contribution in [0.3, 0.4) is 0 Å². The number of aryl methyl sites for hydroxylation is 2. The third-order valence-corrected chi connectivity index (χ3v) is 2.34. The van der Waals surface area contributed by atoms with Crippen molar-refractivity contribution in [2.45, 2.75) is 20.3 Å². The predicted molar refractivity (Wildman–Crippen MR) is 61.1 cm³/mol. The second-order valence-corrected chi connectivity index (χ2v) is 3.41. The van der Waals surface area contributed by atoms with Gasteiger partial charge in [-0.25, -0.2) is 15.8 Å². The smallest absolute Gasteiger partial charge is 0.239 e. The number of rotatable bonds is 3. The lowest BCUT2D eigenvalue weighted by atomic mass is 10.3. The molecule has 0 bridgehead atoms. The Balaban J connectivity index is 2.54. The first-order chi connectivity index (χ1) is 7.76. The van der Waals surface area contributed by atoms with Crippen LogP contribution >= 0.6 is 0 Å². The van der Waals surface area contributed by atoms with E-state index in [4.69, 9.17) is 5.84 Å². The molecule has 0 fully saturated rings. The highest BCUT2D eigenvalue weighted by Crippen LogP contribution is 2.14. The van der Waals surface area contributed by atoms with Crippen molar-refractivity contribution in [1.29, 1.82) is 0 Å². The molecule has 0 aliphatic rings. The van der Waals surface area contributed by atoms with E-state index in [-0.39, 0.29) is 0 Å². The lowest BCUT2D eigenvalue weighted by molar-refractivity contribution is 0.853. The van der Waals surface area contributed by atoms with Crippen LogP contribution in [-0.4, -0.2) is 19.5 Å². The molecule has 0 atom stereocenters. The molecule has 0 aromatic carbocycles. The highest BCUT2D eigenvalue weighted by molar-refractivity contribution is 5.38. The first-order valence-electron chi connectivity index (χ1n) is 5.09. The number of nitrogens with two attached hydrogens (primary N) is 1. The number of nitrogens with zero attached hydrogens (tertiary/aromatic N) is 4. The van der Waals surface area contributed by atoms with E-state index in [0.717, 1.165) is 23.6 Å². The predicted octanol–water partition coefficient (Wildman–Crippen LogP) is 0.819. The molecule has 2 aromatic rings. The molecular formula is C10H14N6. The first kappa shape index (κ1) is 10.6. The number of nitrogen functional groups attached to an aromatic ring is 1. The molecule has 0 aliphatic heterocycles. The number of anilines is 1. The van der Waals surface area contributed by atoms with Crippen LogP contribution in [0.5, 0.6) is 0 Å². The Bertz CT molecular complexity index is 490. The van der Waals surface area contributed by atoms with Crippen molar-refractivity contribution < 1.29 is 0 Å². The van der Waals surface area contributed by atoms with Gasteiger partial charge >= 0.3 is 0 Å². The molecule has 16 heavy (non-hydrogen) atoms. The van der Waals surface area contributed by atoms with Crippen molar-refractivity contribution in [3.63, 3.8) is 0 Å². The van der Waals surface area contributed by atoms with E-state index >= 15 is 0 Å². The molecule has 2 heterocycles. The highest BCUT2D eigenvalue weighted by Gasteiger charge is 2.08. The summed E-state index contributed by atoms with van der Waals surface area (Å²) in [7, 11) is 0. The van der Waals surface area contributed by atoms with Crippen LogP contribution in [0, 0.1) is 6.92 Å². The second-order valence-electron chi connectivity index (χ2n) is 3.41. The van der Waals surface area contributed by atoms with Crippen LogP contribution in [0.2, 0.25) is 0 Å². The van der Waals surface area contributed by atoms with Gasteiger partial charge in [-0.15, -0.1) is 0 Å². The van der Waals surface area contributed by atoms with Crippen molar-refractivity contribution in [3.8, 4) is 5.82 Å². The van der Waals surface area contributed by atoms with Crippen LogP contribution in [0.25, 0.3) is 5.82 Å². The molecule has 0 spiro atoms. The van der Waals surface area contributed by atoms with Crippen molar-refractivity contribution in [2.75, 3.05) is 5.43 Å². The summed E-state index contributed by atoms with van der Waals surface area (Å²) in [5.74, 6) is 7.46. The summed E-state index contributed by atoms with van der Waals surface area (Å²) >= 11 is 0. The maximum atomic E-state index is 5.29. The Morgan fingerprint density at radius 3 is 2.94 bits per heavy atom. The van der Waals surface area contributed by atoms with E-state index in [2.05, 4.69) is 27.3 Å². The summed E-state index contributed by atoms with van der Waals surface area (Å²) in [6.45, 7) is 4.01. The van der Waals surface area contributed by atoms with Gasteiger partial charge in [-0.3, -0.25) is 9.99 Å². The van der Waals surface area contributed by atoms with Crippen LogP contribution in [0.15, 0.2) is 18.6 Å². The third-order valence-electron chi connectivity index (χ3n) is 2.34. The zero-order chi connectivity index (χ0) is 11.5. The number of hydrogen-bond donors (Lipinski definition) is 2. The van der Waals surface area contributed by atoms with Gasteiger partial charge in [0.25, 0.3) is 0 Å². The van der Waals surface area contributed by atoms with E-state index in [1.807, 2.05) is 17.7 Å². The molecule has 3 N–H and O–H groups in total. The Kier molecular flexibility index (Phi) is 2.82. The average Bonchev–Trinajstić information content (AvgIpc) is 2.77. The van der Waals surface area contributed by atoms with Crippen LogP contribution in [-0.2, 0) is 6.42 Å². The van der Waals surface area contributed by atoms with Crippen molar-refractivity contribution >= 4 is 5.95 Å². The largest absolute Gasteiger partial charge is 0.292 e. The molecular weight excluding hydrogens is 204 g/mol. The summed E-state index contributed by atoms with van der Waals surface area (Å²) < 4.78 is 1.94. The Labute approximate surface area is 93.5 Å². The summed E-state index contributed by atoms with van der Waals surface area (Å²) in [5.41, 5.74) is 3.42. The Morgan fingerprint density at radius 1 is 1.44 bits per heavy atom. The van der Waals surface area contributed by atoms with Gasteiger partial charge < -0.3 is 0 Å². The molecule has 0 saturated heterocycles. The molecule has 2 rings (SSSR count). The molecule has 2 aromatic heterocycles. The summed E-state index contributed by atoms with van der Waals surface area (Å²) in [4.78, 5) is 12.6. The van der Waals surface area contributed by atoms with Crippen molar-refractivity contribution in [3.05, 3.63) is 30.0 Å². The van der Waals surface area contributed by atoms with Gasteiger partial charge in [0.15, 0.2) is 0 Å². The van der Waals surface area contributed by atoms with Crippen LogP contribution in [0.1, 0.15) is 18.3 Å². The summed E-state index contributed by atoms with van der Waals surface area (Å²) in [5, 5.41) is 0. The maximum Gasteiger partial charge on any atom is 0.239 e. The molecule has 6 heteroatoms. The molecule has 0 saturated carbocycles. The molecule has 6 nitrogen and oxygen atoms in total. The standard InChI is InChI=1S/C10H14N6/c1-3-8-12-4-5-16(8)9-7(2)6-13-10(14-9)15-11/h4-6H,3,11H2,1-2H3,(H,13,14,15). The number of hydrogen-bond acceptors (Lipinski definition) is 5. The SMILES string of the molecule is CCc1nccn1-c1nc(NN)ncc1C. The Morgan fingerprint density at radius 2 is 2.25 bits per heavy atom. The Hall–Kier alpha value is -1.95. The van der Waals surface area contributed by atoms with E-state index in [1.54, 1.807) is 12.4 Å².